The highest BCUT2D eigenvalue weighted by molar-refractivity contribution is 9.10. The molecule has 2 aromatic carbocycles. The summed E-state index contributed by atoms with van der Waals surface area (Å²) in [6.07, 6.45) is 0. The van der Waals surface area contributed by atoms with Crippen LogP contribution in [0, 0.1) is 5.92 Å². The molecule has 2 aliphatic rings. The molecule has 0 radical (unpaired) electrons. The lowest BCUT2D eigenvalue weighted by Crippen LogP contribution is -2.39. The van der Waals surface area contributed by atoms with Crippen molar-refractivity contribution in [2.45, 2.75) is 13.0 Å². The zero-order valence-electron chi connectivity index (χ0n) is 13.8. The monoisotopic (exact) mass is 411 g/mol. The maximum absolute atomic E-state index is 13.1. The Hall–Kier alpha value is -2.80. The highest BCUT2D eigenvalue weighted by Gasteiger charge is 2.58. The van der Waals surface area contributed by atoms with Crippen molar-refractivity contribution in [1.82, 2.24) is 0 Å². The van der Waals surface area contributed by atoms with Crippen LogP contribution in [0.2, 0.25) is 0 Å². The van der Waals surface area contributed by atoms with Gasteiger partial charge in [0.2, 0.25) is 5.91 Å². The lowest BCUT2D eigenvalue weighted by Gasteiger charge is -2.22. The van der Waals surface area contributed by atoms with Crippen LogP contribution in [-0.2, 0) is 14.4 Å². The van der Waals surface area contributed by atoms with Gasteiger partial charge in [-0.3, -0.25) is 19.4 Å². The summed E-state index contributed by atoms with van der Waals surface area (Å²) in [5.41, 5.74) is 1.27. The molecule has 2 aromatic rings. The van der Waals surface area contributed by atoms with Gasteiger partial charge in [0.15, 0.2) is 5.78 Å². The number of Topliss-reactive ketones (excluding diaryl/α,β-unsaturated/α-hetero) is 1. The van der Waals surface area contributed by atoms with Crippen molar-refractivity contribution in [3.8, 4) is 0 Å². The molecule has 6 nitrogen and oxygen atoms in total. The van der Waals surface area contributed by atoms with Gasteiger partial charge in [-0.05, 0) is 36.4 Å². The average molecular weight is 412 g/mol. The first-order valence-corrected chi connectivity index (χ1v) is 8.85. The number of carbonyl (C=O) groups is 3. The van der Waals surface area contributed by atoms with Crippen molar-refractivity contribution in [2.75, 3.05) is 9.91 Å². The number of fused-ring (bicyclic) bond motifs is 1. The van der Waals surface area contributed by atoms with Gasteiger partial charge >= 0.3 is 0 Å². The van der Waals surface area contributed by atoms with E-state index in [4.69, 9.17) is 0 Å². The molecule has 2 amide bonds. The Labute approximate surface area is 158 Å². The number of nitrogens with zero attached hydrogens (tertiary/aromatic N) is 3. The van der Waals surface area contributed by atoms with Gasteiger partial charge in [0, 0.05) is 11.4 Å². The molecular weight excluding hydrogens is 398 g/mol. The van der Waals surface area contributed by atoms with Crippen LogP contribution in [0.1, 0.15) is 6.92 Å². The Morgan fingerprint density at radius 3 is 2.23 bits per heavy atom. The summed E-state index contributed by atoms with van der Waals surface area (Å²) in [5.74, 6) is -2.00. The van der Waals surface area contributed by atoms with Gasteiger partial charge in [-0.1, -0.05) is 34.1 Å². The third-order valence-corrected chi connectivity index (χ3v) is 5.04. The van der Waals surface area contributed by atoms with E-state index < -0.39 is 17.9 Å². The van der Waals surface area contributed by atoms with Gasteiger partial charge in [0.05, 0.1) is 11.4 Å². The summed E-state index contributed by atoms with van der Waals surface area (Å²) in [7, 11) is 0. The number of imide groups is 1. The maximum Gasteiger partial charge on any atom is 0.259 e. The largest absolute Gasteiger partial charge is 0.293 e. The second-order valence-electron chi connectivity index (χ2n) is 6.13. The molecule has 0 spiro atoms. The number of hydrazone groups is 1. The minimum Gasteiger partial charge on any atom is -0.293 e. The number of hydrogen-bond donors (Lipinski definition) is 0. The molecule has 2 atom stereocenters. The van der Waals surface area contributed by atoms with E-state index in [2.05, 4.69) is 21.0 Å². The van der Waals surface area contributed by atoms with Crippen LogP contribution in [0.3, 0.4) is 0 Å². The fraction of sp³-hybridized carbons (Fsp3) is 0.158. The van der Waals surface area contributed by atoms with E-state index >= 15 is 0 Å². The summed E-state index contributed by atoms with van der Waals surface area (Å²) >= 11 is 3.34. The maximum atomic E-state index is 13.1. The standard InChI is InChI=1S/C19H14BrN3O3/c1-11(24)16-15-17(23(21-16)14-5-3-2-4-6-14)19(26)22(18(15)25)13-9-7-12(20)8-10-13/h2-10,15,17H,1H3/t15-,17-/m0/s1. The molecule has 26 heavy (non-hydrogen) atoms. The van der Waals surface area contributed by atoms with Crippen LogP contribution >= 0.6 is 15.9 Å². The Morgan fingerprint density at radius 1 is 0.962 bits per heavy atom. The molecule has 1 fully saturated rings. The summed E-state index contributed by atoms with van der Waals surface area (Å²) in [4.78, 5) is 39.3. The Kier molecular flexibility index (Phi) is 3.96. The van der Waals surface area contributed by atoms with Crippen LogP contribution in [0.15, 0.2) is 64.2 Å². The molecule has 2 heterocycles. The van der Waals surface area contributed by atoms with Gasteiger partial charge in [0.25, 0.3) is 5.91 Å². The summed E-state index contributed by atoms with van der Waals surface area (Å²) < 4.78 is 0.845. The predicted octanol–water partition coefficient (Wildman–Crippen LogP) is 2.77. The van der Waals surface area contributed by atoms with Crippen molar-refractivity contribution in [3.63, 3.8) is 0 Å². The first kappa shape index (κ1) is 16.7. The van der Waals surface area contributed by atoms with E-state index in [1.165, 1.54) is 11.9 Å². The van der Waals surface area contributed by atoms with E-state index in [1.54, 1.807) is 36.4 Å². The molecule has 0 N–H and O–H groups in total. The number of ketones is 1. The highest BCUT2D eigenvalue weighted by atomic mass is 79.9. The van der Waals surface area contributed by atoms with Crippen LogP contribution in [-0.4, -0.2) is 29.4 Å². The van der Waals surface area contributed by atoms with E-state index in [9.17, 15) is 14.4 Å². The number of rotatable bonds is 3. The van der Waals surface area contributed by atoms with Crippen molar-refractivity contribution in [3.05, 3.63) is 59.1 Å². The quantitative estimate of drug-likeness (QED) is 0.728. The summed E-state index contributed by atoms with van der Waals surface area (Å²) in [6, 6.07) is 15.1. The Bertz CT molecular complexity index is 940. The number of hydrogen-bond acceptors (Lipinski definition) is 5. The summed E-state index contributed by atoms with van der Waals surface area (Å²) in [5, 5.41) is 5.80. The first-order valence-electron chi connectivity index (χ1n) is 8.06. The van der Waals surface area contributed by atoms with Gasteiger partial charge < -0.3 is 0 Å². The van der Waals surface area contributed by atoms with Crippen molar-refractivity contribution in [2.24, 2.45) is 11.0 Å². The van der Waals surface area contributed by atoms with Crippen LogP contribution in [0.25, 0.3) is 0 Å². The SMILES string of the molecule is CC(=O)C1=NN(c2ccccc2)[C@@H]2C(=O)N(c3ccc(Br)cc3)C(=O)[C@@H]12. The highest BCUT2D eigenvalue weighted by Crippen LogP contribution is 2.38. The van der Waals surface area contributed by atoms with Gasteiger partial charge in [-0.2, -0.15) is 5.10 Å². The van der Waals surface area contributed by atoms with E-state index in [0.717, 1.165) is 9.37 Å². The average Bonchev–Trinajstić information content (AvgIpc) is 3.15. The lowest BCUT2D eigenvalue weighted by molar-refractivity contribution is -0.122. The van der Waals surface area contributed by atoms with Gasteiger partial charge in [-0.15, -0.1) is 0 Å². The second kappa shape index (κ2) is 6.17. The molecule has 1 saturated heterocycles. The molecule has 130 valence electrons. The molecule has 0 aromatic heterocycles. The first-order chi connectivity index (χ1) is 12.5. The number of benzene rings is 2. The molecular formula is C19H14BrN3O3. The minimum absolute atomic E-state index is 0.122. The second-order valence-corrected chi connectivity index (χ2v) is 7.05. The van der Waals surface area contributed by atoms with Crippen LogP contribution in [0.4, 0.5) is 11.4 Å². The zero-order chi connectivity index (χ0) is 18.4. The van der Waals surface area contributed by atoms with Crippen LogP contribution < -0.4 is 9.91 Å². The minimum atomic E-state index is -0.885. The molecule has 2 aliphatic heterocycles. The molecule has 0 bridgehead atoms. The zero-order valence-corrected chi connectivity index (χ0v) is 15.4. The molecule has 0 unspecified atom stereocenters. The topological polar surface area (TPSA) is 70.1 Å². The van der Waals surface area contributed by atoms with Crippen molar-refractivity contribution in [1.29, 1.82) is 0 Å². The number of carbonyl (C=O) groups excluding carboxylic acids is 3. The molecule has 4 rings (SSSR count). The van der Waals surface area contributed by atoms with Gasteiger partial charge in [0.1, 0.15) is 17.7 Å². The third-order valence-electron chi connectivity index (χ3n) is 4.52. The Balaban J connectivity index is 1.80. The summed E-state index contributed by atoms with van der Waals surface area (Å²) in [6.45, 7) is 1.37. The van der Waals surface area contributed by atoms with Crippen molar-refractivity contribution < 1.29 is 14.4 Å². The fourth-order valence-electron chi connectivity index (χ4n) is 3.34. The fourth-order valence-corrected chi connectivity index (χ4v) is 3.61. The third kappa shape index (κ3) is 2.47. The number of para-hydroxylation sites is 1. The smallest absolute Gasteiger partial charge is 0.259 e. The number of anilines is 2. The molecule has 0 saturated carbocycles. The molecule has 7 heteroatoms. The Morgan fingerprint density at radius 2 is 1.62 bits per heavy atom. The number of amides is 2. The lowest BCUT2D eigenvalue weighted by atomic mass is 9.95. The number of halogens is 1. The van der Waals surface area contributed by atoms with E-state index in [1.807, 2.05) is 18.2 Å². The van der Waals surface area contributed by atoms with Crippen molar-refractivity contribution >= 4 is 50.6 Å². The van der Waals surface area contributed by atoms with Crippen LogP contribution in [0.5, 0.6) is 0 Å². The predicted molar refractivity (Wildman–Crippen MR) is 101 cm³/mol. The van der Waals surface area contributed by atoms with E-state index in [0.29, 0.717) is 11.4 Å². The van der Waals surface area contributed by atoms with Gasteiger partial charge in [-0.25, -0.2) is 4.90 Å². The normalized spacial score (nSPS) is 21.8. The van der Waals surface area contributed by atoms with E-state index in [-0.39, 0.29) is 17.4 Å². The molecule has 0 aliphatic carbocycles.